The Bertz CT molecular complexity index is 727. The Hall–Kier alpha value is -2.08. The minimum Gasteiger partial charge on any atom is -0.497 e. The molecular weight excluding hydrogens is 312 g/mol. The second-order valence-electron chi connectivity index (χ2n) is 5.76. The van der Waals surface area contributed by atoms with E-state index in [0.29, 0.717) is 28.1 Å². The van der Waals surface area contributed by atoms with Gasteiger partial charge in [-0.2, -0.15) is 0 Å². The molecule has 1 atom stereocenters. The van der Waals surface area contributed by atoms with E-state index in [2.05, 4.69) is 17.2 Å². The summed E-state index contributed by atoms with van der Waals surface area (Å²) in [6.45, 7) is 2.25. The molecule has 23 heavy (non-hydrogen) atoms. The Morgan fingerprint density at radius 2 is 2.17 bits per heavy atom. The number of hydrogen-bond acceptors (Lipinski definition) is 5. The molecule has 1 aliphatic rings. The molecule has 0 unspecified atom stereocenters. The molecule has 6 heteroatoms. The van der Waals surface area contributed by atoms with Gasteiger partial charge in [-0.3, -0.25) is 10.1 Å². The zero-order chi connectivity index (χ0) is 16.4. The molecule has 0 spiro atoms. The van der Waals surface area contributed by atoms with E-state index in [-0.39, 0.29) is 5.91 Å². The number of ether oxygens (including phenoxy) is 2. The lowest BCUT2D eigenvalue weighted by molar-refractivity contribution is 0.102. The van der Waals surface area contributed by atoms with Crippen molar-refractivity contribution in [2.75, 3.05) is 19.5 Å². The predicted octanol–water partition coefficient (Wildman–Crippen LogP) is 3.54. The Labute approximate surface area is 139 Å². The van der Waals surface area contributed by atoms with Crippen molar-refractivity contribution < 1.29 is 14.3 Å². The number of aryl methyl sites for hydroxylation is 1. The molecular formula is C17H20N2O3S. The SMILES string of the molecule is COc1ccc(C(=O)Nc2nc3c(s2)C[C@@H](C)CC3)c(OC)c1. The van der Waals surface area contributed by atoms with Crippen molar-refractivity contribution in [1.82, 2.24) is 4.98 Å². The molecule has 3 rings (SSSR count). The number of nitrogens with zero attached hydrogens (tertiary/aromatic N) is 1. The lowest BCUT2D eigenvalue weighted by atomic mass is 9.93. The van der Waals surface area contributed by atoms with Crippen LogP contribution in [0.4, 0.5) is 5.13 Å². The van der Waals surface area contributed by atoms with E-state index in [1.165, 1.54) is 12.0 Å². The summed E-state index contributed by atoms with van der Waals surface area (Å²) in [6, 6.07) is 5.14. The first kappa shape index (κ1) is 15.8. The number of benzene rings is 1. The third kappa shape index (κ3) is 3.32. The summed E-state index contributed by atoms with van der Waals surface area (Å²) in [5.41, 5.74) is 1.60. The minimum absolute atomic E-state index is 0.219. The molecule has 0 saturated carbocycles. The van der Waals surface area contributed by atoms with E-state index in [0.717, 1.165) is 25.0 Å². The topological polar surface area (TPSA) is 60.5 Å². The molecule has 1 aliphatic carbocycles. The Balaban J connectivity index is 1.79. The summed E-state index contributed by atoms with van der Waals surface area (Å²) in [5, 5.41) is 3.55. The van der Waals surface area contributed by atoms with Crippen LogP contribution in [0.2, 0.25) is 0 Å². The molecule has 5 nitrogen and oxygen atoms in total. The lowest BCUT2D eigenvalue weighted by Gasteiger charge is -2.15. The van der Waals surface area contributed by atoms with Gasteiger partial charge in [0.25, 0.3) is 5.91 Å². The van der Waals surface area contributed by atoms with Gasteiger partial charge in [0.15, 0.2) is 5.13 Å². The van der Waals surface area contributed by atoms with Gasteiger partial charge in [0.1, 0.15) is 11.5 Å². The number of amides is 1. The first-order valence-corrected chi connectivity index (χ1v) is 8.44. The molecule has 0 saturated heterocycles. The van der Waals surface area contributed by atoms with Gasteiger partial charge in [-0.15, -0.1) is 11.3 Å². The molecule has 2 aromatic rings. The summed E-state index contributed by atoms with van der Waals surface area (Å²) in [7, 11) is 3.12. The molecule has 0 radical (unpaired) electrons. The van der Waals surface area contributed by atoms with E-state index in [1.807, 2.05) is 0 Å². The van der Waals surface area contributed by atoms with Crippen molar-refractivity contribution in [3.63, 3.8) is 0 Å². The van der Waals surface area contributed by atoms with Crippen molar-refractivity contribution >= 4 is 22.4 Å². The largest absolute Gasteiger partial charge is 0.497 e. The van der Waals surface area contributed by atoms with E-state index < -0.39 is 0 Å². The van der Waals surface area contributed by atoms with Crippen molar-refractivity contribution in [3.05, 3.63) is 34.3 Å². The van der Waals surface area contributed by atoms with Gasteiger partial charge in [0.05, 0.1) is 25.5 Å². The number of nitrogens with one attached hydrogen (secondary N) is 1. The van der Waals surface area contributed by atoms with Crippen molar-refractivity contribution in [1.29, 1.82) is 0 Å². The summed E-state index contributed by atoms with van der Waals surface area (Å²) in [6.07, 6.45) is 3.21. The van der Waals surface area contributed by atoms with Gasteiger partial charge in [-0.1, -0.05) is 6.92 Å². The molecule has 1 heterocycles. The third-order valence-electron chi connectivity index (χ3n) is 4.06. The van der Waals surface area contributed by atoms with Crippen LogP contribution in [0.25, 0.3) is 0 Å². The first-order chi connectivity index (χ1) is 11.1. The highest BCUT2D eigenvalue weighted by Gasteiger charge is 2.21. The molecule has 1 N–H and O–H groups in total. The maximum atomic E-state index is 12.5. The lowest BCUT2D eigenvalue weighted by Crippen LogP contribution is -2.13. The predicted molar refractivity (Wildman–Crippen MR) is 90.8 cm³/mol. The molecule has 1 aromatic carbocycles. The average Bonchev–Trinajstić information content (AvgIpc) is 2.95. The fourth-order valence-corrected chi connectivity index (χ4v) is 3.91. The van der Waals surface area contributed by atoms with E-state index in [9.17, 15) is 4.79 Å². The standard InChI is InChI=1S/C17H20N2O3S/c1-10-4-7-13-15(8-10)23-17(18-13)19-16(20)12-6-5-11(21-2)9-14(12)22-3/h5-6,9-10H,4,7-8H2,1-3H3,(H,18,19,20)/t10-/m0/s1. The number of anilines is 1. The van der Waals surface area contributed by atoms with Gasteiger partial charge < -0.3 is 9.47 Å². The van der Waals surface area contributed by atoms with Crippen LogP contribution in [0.3, 0.4) is 0 Å². The Morgan fingerprint density at radius 3 is 2.91 bits per heavy atom. The average molecular weight is 332 g/mol. The minimum atomic E-state index is -0.219. The van der Waals surface area contributed by atoms with Crippen LogP contribution < -0.4 is 14.8 Å². The summed E-state index contributed by atoms with van der Waals surface area (Å²) in [4.78, 5) is 18.4. The van der Waals surface area contributed by atoms with Crippen molar-refractivity contribution in [3.8, 4) is 11.5 Å². The number of aromatic nitrogens is 1. The first-order valence-electron chi connectivity index (χ1n) is 7.62. The highest BCUT2D eigenvalue weighted by Crippen LogP contribution is 2.33. The number of carbonyl (C=O) groups is 1. The van der Waals surface area contributed by atoms with E-state index in [4.69, 9.17) is 9.47 Å². The number of carbonyl (C=O) groups excluding carboxylic acids is 1. The maximum absolute atomic E-state index is 12.5. The van der Waals surface area contributed by atoms with Crippen LogP contribution in [0.15, 0.2) is 18.2 Å². The number of fused-ring (bicyclic) bond motifs is 1. The Kier molecular flexibility index (Phi) is 4.52. The molecule has 0 aliphatic heterocycles. The molecule has 1 aromatic heterocycles. The maximum Gasteiger partial charge on any atom is 0.261 e. The zero-order valence-corrected chi connectivity index (χ0v) is 14.3. The van der Waals surface area contributed by atoms with Crippen LogP contribution in [0.5, 0.6) is 11.5 Å². The number of methoxy groups -OCH3 is 2. The molecule has 0 fully saturated rings. The molecule has 122 valence electrons. The molecule has 1 amide bonds. The quantitative estimate of drug-likeness (QED) is 0.930. The van der Waals surface area contributed by atoms with E-state index >= 15 is 0 Å². The summed E-state index contributed by atoms with van der Waals surface area (Å²) >= 11 is 1.57. The van der Waals surface area contributed by atoms with Gasteiger partial charge in [0, 0.05) is 10.9 Å². The summed E-state index contributed by atoms with van der Waals surface area (Å²) < 4.78 is 10.4. The van der Waals surface area contributed by atoms with Gasteiger partial charge in [-0.25, -0.2) is 4.98 Å². The fourth-order valence-electron chi connectivity index (χ4n) is 2.74. The molecule has 0 bridgehead atoms. The second kappa shape index (κ2) is 6.58. The number of hydrogen-bond donors (Lipinski definition) is 1. The third-order valence-corrected chi connectivity index (χ3v) is 5.10. The second-order valence-corrected chi connectivity index (χ2v) is 6.84. The van der Waals surface area contributed by atoms with E-state index in [1.54, 1.807) is 36.6 Å². The van der Waals surface area contributed by atoms with Gasteiger partial charge >= 0.3 is 0 Å². The van der Waals surface area contributed by atoms with Gasteiger partial charge in [0.2, 0.25) is 0 Å². The highest BCUT2D eigenvalue weighted by molar-refractivity contribution is 7.15. The summed E-state index contributed by atoms with van der Waals surface area (Å²) in [5.74, 6) is 1.60. The van der Waals surface area contributed by atoms with Crippen LogP contribution in [-0.2, 0) is 12.8 Å². The number of thiazole rings is 1. The smallest absolute Gasteiger partial charge is 0.261 e. The highest BCUT2D eigenvalue weighted by atomic mass is 32.1. The van der Waals surface area contributed by atoms with Crippen molar-refractivity contribution in [2.45, 2.75) is 26.2 Å². The monoisotopic (exact) mass is 332 g/mol. The zero-order valence-electron chi connectivity index (χ0n) is 13.5. The Morgan fingerprint density at radius 1 is 1.35 bits per heavy atom. The van der Waals surface area contributed by atoms with Crippen LogP contribution >= 0.6 is 11.3 Å². The van der Waals surface area contributed by atoms with Crippen LogP contribution in [0, 0.1) is 5.92 Å². The van der Waals surface area contributed by atoms with Crippen molar-refractivity contribution in [2.24, 2.45) is 5.92 Å². The fraction of sp³-hybridized carbons (Fsp3) is 0.412. The van der Waals surface area contributed by atoms with Crippen LogP contribution in [0.1, 0.15) is 34.3 Å². The van der Waals surface area contributed by atoms with Crippen LogP contribution in [-0.4, -0.2) is 25.1 Å². The number of rotatable bonds is 4. The van der Waals surface area contributed by atoms with Gasteiger partial charge in [-0.05, 0) is 37.3 Å². The normalized spacial score (nSPS) is 16.6.